The number of rotatable bonds is 7. The molecule has 3 nitrogen and oxygen atoms in total. The van der Waals surface area contributed by atoms with Gasteiger partial charge in [-0.3, -0.25) is 0 Å². The Morgan fingerprint density at radius 2 is 2.29 bits per heavy atom. The Hall–Kier alpha value is -0.870. The summed E-state index contributed by atoms with van der Waals surface area (Å²) in [5, 5.41) is 3.34. The van der Waals surface area contributed by atoms with Crippen molar-refractivity contribution in [1.82, 2.24) is 10.3 Å². The minimum absolute atomic E-state index is 0.824. The van der Waals surface area contributed by atoms with Crippen molar-refractivity contribution in [3.05, 3.63) is 35.0 Å². The van der Waals surface area contributed by atoms with Gasteiger partial charge in [0.25, 0.3) is 0 Å². The van der Waals surface area contributed by atoms with Gasteiger partial charge in [-0.05, 0) is 35.5 Å². The first kappa shape index (κ1) is 14.2. The lowest BCUT2D eigenvalue weighted by atomic mass is 10.2. The molecule has 0 atom stereocenters. The molecule has 4 heteroatoms. The molecule has 0 fully saturated rings. The van der Waals surface area contributed by atoms with Gasteiger partial charge in [-0.2, -0.15) is 0 Å². The molecule has 0 aliphatic heterocycles. The molecule has 1 rings (SSSR count). The van der Waals surface area contributed by atoms with Crippen molar-refractivity contribution < 1.29 is 0 Å². The number of hydrogen-bond donors (Lipinski definition) is 1. The summed E-state index contributed by atoms with van der Waals surface area (Å²) in [4.78, 5) is 6.73. The molecule has 0 radical (unpaired) electrons. The van der Waals surface area contributed by atoms with E-state index < -0.39 is 0 Å². The zero-order chi connectivity index (χ0) is 12.7. The molecule has 0 aliphatic rings. The van der Waals surface area contributed by atoms with Gasteiger partial charge in [-0.1, -0.05) is 13.0 Å². The maximum atomic E-state index is 4.51. The molecule has 1 N–H and O–H groups in total. The number of likely N-dealkylation sites (N-methyl/N-ethyl adjacent to an activating group) is 1. The summed E-state index contributed by atoms with van der Waals surface area (Å²) in [6.45, 7) is 11.6. The third-order valence-electron chi connectivity index (χ3n) is 2.51. The van der Waals surface area contributed by atoms with Crippen molar-refractivity contribution in [3.8, 4) is 0 Å². The molecule has 17 heavy (non-hydrogen) atoms. The second-order valence-electron chi connectivity index (χ2n) is 3.74. The van der Waals surface area contributed by atoms with Crippen LogP contribution >= 0.6 is 15.9 Å². The van der Waals surface area contributed by atoms with Crippen molar-refractivity contribution in [2.45, 2.75) is 20.4 Å². The molecule has 0 saturated carbocycles. The standard InChI is InChI=1S/C13H20BrN3/c1-4-7-17(6-3)13-11(9-15-5-2)8-12(14)10-16-13/h4,8,10,15H,1,5-7,9H2,2-3H3. The largest absolute Gasteiger partial charge is 0.353 e. The van der Waals surface area contributed by atoms with E-state index in [-0.39, 0.29) is 0 Å². The normalized spacial score (nSPS) is 10.3. The molecule has 0 amide bonds. The van der Waals surface area contributed by atoms with Gasteiger partial charge in [0, 0.05) is 35.9 Å². The van der Waals surface area contributed by atoms with Crippen LogP contribution < -0.4 is 10.2 Å². The van der Waals surface area contributed by atoms with Crippen LogP contribution in [0.5, 0.6) is 0 Å². The molecule has 1 aromatic heterocycles. The molecule has 0 saturated heterocycles. The summed E-state index contributed by atoms with van der Waals surface area (Å²) >= 11 is 3.47. The Morgan fingerprint density at radius 1 is 1.53 bits per heavy atom. The number of anilines is 1. The Kier molecular flexibility index (Phi) is 6.22. The van der Waals surface area contributed by atoms with Crippen LogP contribution in [0.15, 0.2) is 29.4 Å². The molecule has 0 aromatic carbocycles. The third-order valence-corrected chi connectivity index (χ3v) is 2.94. The summed E-state index contributed by atoms with van der Waals surface area (Å²) in [5.74, 6) is 1.04. The average Bonchev–Trinajstić information content (AvgIpc) is 2.34. The molecule has 0 spiro atoms. The van der Waals surface area contributed by atoms with Crippen molar-refractivity contribution in [3.63, 3.8) is 0 Å². The van der Waals surface area contributed by atoms with Crippen LogP contribution in [0, 0.1) is 0 Å². The van der Waals surface area contributed by atoms with Crippen LogP contribution in [0.1, 0.15) is 19.4 Å². The van der Waals surface area contributed by atoms with Gasteiger partial charge in [0.05, 0.1) is 0 Å². The van der Waals surface area contributed by atoms with Gasteiger partial charge in [-0.25, -0.2) is 4.98 Å². The van der Waals surface area contributed by atoms with Crippen LogP contribution in [-0.2, 0) is 6.54 Å². The van der Waals surface area contributed by atoms with E-state index in [4.69, 9.17) is 0 Å². The van der Waals surface area contributed by atoms with Crippen molar-refractivity contribution >= 4 is 21.7 Å². The van der Waals surface area contributed by atoms with E-state index in [2.05, 4.69) is 57.6 Å². The Balaban J connectivity index is 2.98. The van der Waals surface area contributed by atoms with Crippen LogP contribution in [-0.4, -0.2) is 24.6 Å². The monoisotopic (exact) mass is 297 g/mol. The maximum Gasteiger partial charge on any atom is 0.133 e. The number of nitrogens with zero attached hydrogens (tertiary/aromatic N) is 2. The Bertz CT molecular complexity index is 366. The van der Waals surface area contributed by atoms with E-state index >= 15 is 0 Å². The van der Waals surface area contributed by atoms with Gasteiger partial charge in [-0.15, -0.1) is 6.58 Å². The first-order valence-electron chi connectivity index (χ1n) is 5.93. The summed E-state index contributed by atoms with van der Waals surface area (Å²) in [5.41, 5.74) is 1.21. The highest BCUT2D eigenvalue weighted by atomic mass is 79.9. The zero-order valence-corrected chi connectivity index (χ0v) is 12.1. The summed E-state index contributed by atoms with van der Waals surface area (Å²) in [6, 6.07) is 2.12. The molecular weight excluding hydrogens is 278 g/mol. The predicted molar refractivity (Wildman–Crippen MR) is 77.4 cm³/mol. The number of nitrogens with one attached hydrogen (secondary N) is 1. The van der Waals surface area contributed by atoms with E-state index in [0.717, 1.165) is 36.5 Å². The Labute approximate surface area is 112 Å². The Morgan fingerprint density at radius 3 is 2.88 bits per heavy atom. The van der Waals surface area contributed by atoms with Gasteiger partial charge in [0.2, 0.25) is 0 Å². The van der Waals surface area contributed by atoms with Crippen LogP contribution in [0.25, 0.3) is 0 Å². The van der Waals surface area contributed by atoms with E-state index in [9.17, 15) is 0 Å². The number of halogens is 1. The van der Waals surface area contributed by atoms with Crippen molar-refractivity contribution in [2.24, 2.45) is 0 Å². The van der Waals surface area contributed by atoms with Crippen LogP contribution in [0.3, 0.4) is 0 Å². The average molecular weight is 298 g/mol. The van der Waals surface area contributed by atoms with Gasteiger partial charge in [0.1, 0.15) is 5.82 Å². The molecule has 1 aromatic rings. The van der Waals surface area contributed by atoms with E-state index in [1.165, 1.54) is 5.56 Å². The first-order valence-corrected chi connectivity index (χ1v) is 6.73. The summed E-state index contributed by atoms with van der Waals surface area (Å²) in [6.07, 6.45) is 3.75. The third kappa shape index (κ3) is 4.13. The lowest BCUT2D eigenvalue weighted by molar-refractivity contribution is 0.718. The lowest BCUT2D eigenvalue weighted by Crippen LogP contribution is -2.26. The van der Waals surface area contributed by atoms with Gasteiger partial charge < -0.3 is 10.2 Å². The molecule has 0 bridgehead atoms. The number of hydrogen-bond acceptors (Lipinski definition) is 3. The van der Waals surface area contributed by atoms with E-state index in [1.807, 2.05) is 12.3 Å². The summed E-state index contributed by atoms with van der Waals surface area (Å²) in [7, 11) is 0. The minimum atomic E-state index is 0.824. The lowest BCUT2D eigenvalue weighted by Gasteiger charge is -2.23. The molecule has 0 unspecified atom stereocenters. The van der Waals surface area contributed by atoms with Crippen molar-refractivity contribution in [2.75, 3.05) is 24.5 Å². The second kappa shape index (κ2) is 7.45. The van der Waals surface area contributed by atoms with Crippen LogP contribution in [0.2, 0.25) is 0 Å². The minimum Gasteiger partial charge on any atom is -0.353 e. The number of pyridine rings is 1. The zero-order valence-electron chi connectivity index (χ0n) is 10.5. The fourth-order valence-electron chi connectivity index (χ4n) is 1.67. The highest BCUT2D eigenvalue weighted by Gasteiger charge is 2.10. The highest BCUT2D eigenvalue weighted by molar-refractivity contribution is 9.10. The van der Waals surface area contributed by atoms with Crippen LogP contribution in [0.4, 0.5) is 5.82 Å². The summed E-state index contributed by atoms with van der Waals surface area (Å²) < 4.78 is 1.02. The van der Waals surface area contributed by atoms with Crippen molar-refractivity contribution in [1.29, 1.82) is 0 Å². The molecule has 0 aliphatic carbocycles. The fourth-order valence-corrected chi connectivity index (χ4v) is 2.05. The second-order valence-corrected chi connectivity index (χ2v) is 4.66. The predicted octanol–water partition coefficient (Wildman–Crippen LogP) is 2.97. The van der Waals surface area contributed by atoms with E-state index in [0.29, 0.717) is 0 Å². The van der Waals surface area contributed by atoms with E-state index in [1.54, 1.807) is 0 Å². The fraction of sp³-hybridized carbons (Fsp3) is 0.462. The smallest absolute Gasteiger partial charge is 0.133 e. The molecule has 94 valence electrons. The number of aromatic nitrogens is 1. The highest BCUT2D eigenvalue weighted by Crippen LogP contribution is 2.21. The SMILES string of the molecule is C=CCN(CC)c1ncc(Br)cc1CNCC. The quantitative estimate of drug-likeness (QED) is 0.784. The molecular formula is C13H20BrN3. The first-order chi connectivity index (χ1) is 8.22. The topological polar surface area (TPSA) is 28.2 Å². The van der Waals surface area contributed by atoms with Gasteiger partial charge in [0.15, 0.2) is 0 Å². The van der Waals surface area contributed by atoms with Gasteiger partial charge >= 0.3 is 0 Å². The maximum absolute atomic E-state index is 4.51. The molecule has 1 heterocycles.